The topological polar surface area (TPSA) is 121 Å². The van der Waals surface area contributed by atoms with Crippen LogP contribution in [0.2, 0.25) is 0 Å². The van der Waals surface area contributed by atoms with E-state index in [1.165, 1.54) is 7.11 Å². The van der Waals surface area contributed by atoms with Crippen LogP contribution in [0.1, 0.15) is 54.1 Å². The highest BCUT2D eigenvalue weighted by Crippen LogP contribution is 2.30. The van der Waals surface area contributed by atoms with Crippen molar-refractivity contribution < 1.29 is 43.5 Å². The minimum absolute atomic E-state index is 0.199. The smallest absolute Gasteiger partial charge is 0.338 e. The van der Waals surface area contributed by atoms with E-state index in [2.05, 4.69) is 0 Å². The lowest BCUT2D eigenvalue weighted by Gasteiger charge is -2.42. The maximum Gasteiger partial charge on any atom is 0.338 e. The number of esters is 2. The zero-order chi connectivity index (χ0) is 30.6. The summed E-state index contributed by atoms with van der Waals surface area (Å²) in [6.45, 7) is 9.22. The van der Waals surface area contributed by atoms with E-state index in [-0.39, 0.29) is 11.1 Å². The molecule has 0 radical (unpaired) electrons. The zero-order valence-corrected chi connectivity index (χ0v) is 24.7. The van der Waals surface area contributed by atoms with Crippen molar-refractivity contribution in [3.05, 3.63) is 99.1 Å². The molecule has 42 heavy (non-hydrogen) atoms. The lowest BCUT2D eigenvalue weighted by Crippen LogP contribution is -2.61. The summed E-state index contributed by atoms with van der Waals surface area (Å²) in [7, 11) is 1.33. The third-order valence-corrected chi connectivity index (χ3v) is 7.77. The fourth-order valence-electron chi connectivity index (χ4n) is 4.86. The van der Waals surface area contributed by atoms with Crippen LogP contribution in [0.5, 0.6) is 5.75 Å². The van der Waals surface area contributed by atoms with Crippen LogP contribution in [0.4, 0.5) is 0 Å². The maximum atomic E-state index is 13.5. The number of methoxy groups -OCH3 is 1. The molecule has 0 amide bonds. The van der Waals surface area contributed by atoms with Crippen LogP contribution in [0, 0.1) is 34.6 Å². The third kappa shape index (κ3) is 6.82. The van der Waals surface area contributed by atoms with E-state index in [4.69, 9.17) is 23.7 Å². The number of aliphatic hydroxyl groups is 2. The summed E-state index contributed by atoms with van der Waals surface area (Å²) >= 11 is 0. The lowest BCUT2D eigenvalue weighted by molar-refractivity contribution is -0.292. The summed E-state index contributed by atoms with van der Waals surface area (Å²) in [4.78, 5) is 26.7. The number of aryl methyl sites for hydroxylation is 3. The van der Waals surface area contributed by atoms with Gasteiger partial charge in [0.2, 0.25) is 0 Å². The van der Waals surface area contributed by atoms with Gasteiger partial charge in [0, 0.05) is 7.11 Å². The molecule has 0 spiro atoms. The lowest BCUT2D eigenvalue weighted by atomic mass is 9.97. The van der Waals surface area contributed by atoms with Crippen LogP contribution in [0.25, 0.3) is 0 Å². The minimum atomic E-state index is -1.50. The molecule has 0 saturated carbocycles. The molecule has 1 aliphatic rings. The van der Waals surface area contributed by atoms with E-state index < -0.39 is 49.3 Å². The van der Waals surface area contributed by atoms with Crippen molar-refractivity contribution in [3.8, 4) is 5.75 Å². The Hall–Kier alpha value is -3.76. The highest BCUT2D eigenvalue weighted by atomic mass is 16.7. The van der Waals surface area contributed by atoms with Gasteiger partial charge in [0.05, 0.1) is 17.7 Å². The second-order valence-electron chi connectivity index (χ2n) is 10.6. The molecule has 1 heterocycles. The summed E-state index contributed by atoms with van der Waals surface area (Å²) < 4.78 is 28.6. The molecule has 1 aliphatic heterocycles. The Kier molecular flexibility index (Phi) is 10.0. The van der Waals surface area contributed by atoms with E-state index in [0.29, 0.717) is 12.4 Å². The summed E-state index contributed by atoms with van der Waals surface area (Å²) in [5.41, 5.74) is 5.98. The molecule has 1 fully saturated rings. The number of ether oxygens (including phenoxy) is 5. The van der Waals surface area contributed by atoms with Crippen molar-refractivity contribution in [3.63, 3.8) is 0 Å². The van der Waals surface area contributed by atoms with Crippen molar-refractivity contribution >= 4 is 11.9 Å². The Bertz CT molecular complexity index is 1400. The number of carbonyl (C=O) groups is 2. The van der Waals surface area contributed by atoms with Gasteiger partial charge in [0.1, 0.15) is 24.6 Å². The summed E-state index contributed by atoms with van der Waals surface area (Å²) in [6.07, 6.45) is -6.59. The van der Waals surface area contributed by atoms with Gasteiger partial charge in [-0.25, -0.2) is 9.59 Å². The molecule has 3 aromatic rings. The average Bonchev–Trinajstić information content (AvgIpc) is 2.98. The van der Waals surface area contributed by atoms with Crippen LogP contribution in [0.15, 0.2) is 54.6 Å². The van der Waals surface area contributed by atoms with Gasteiger partial charge in [-0.05, 0) is 92.3 Å². The molecule has 5 atom stereocenters. The first-order valence-electron chi connectivity index (χ1n) is 13.8. The number of benzene rings is 3. The molecule has 9 heteroatoms. The summed E-state index contributed by atoms with van der Waals surface area (Å²) in [5, 5.41) is 20.8. The Labute approximate surface area is 245 Å². The molecule has 0 bridgehead atoms. The third-order valence-electron chi connectivity index (χ3n) is 7.77. The van der Waals surface area contributed by atoms with Gasteiger partial charge in [-0.15, -0.1) is 0 Å². The molecular formula is C33H38O9. The fraction of sp³-hybridized carbons (Fsp3) is 0.394. The molecule has 2 N–H and O–H groups in total. The highest BCUT2D eigenvalue weighted by Gasteiger charge is 2.50. The van der Waals surface area contributed by atoms with E-state index >= 15 is 0 Å². The zero-order valence-electron chi connectivity index (χ0n) is 24.7. The van der Waals surface area contributed by atoms with Crippen LogP contribution >= 0.6 is 0 Å². The van der Waals surface area contributed by atoms with Gasteiger partial charge in [-0.3, -0.25) is 0 Å². The predicted molar refractivity (Wildman–Crippen MR) is 155 cm³/mol. The van der Waals surface area contributed by atoms with Crippen LogP contribution in [0.3, 0.4) is 0 Å². The van der Waals surface area contributed by atoms with E-state index in [1.807, 2.05) is 65.0 Å². The Morgan fingerprint density at radius 2 is 1.36 bits per heavy atom. The van der Waals surface area contributed by atoms with Crippen molar-refractivity contribution in [1.82, 2.24) is 0 Å². The molecule has 1 saturated heterocycles. The normalized spacial score (nSPS) is 22.0. The van der Waals surface area contributed by atoms with Gasteiger partial charge < -0.3 is 33.9 Å². The first-order chi connectivity index (χ1) is 20.0. The monoisotopic (exact) mass is 578 g/mol. The predicted octanol–water partition coefficient (Wildman–Crippen LogP) is 4.28. The summed E-state index contributed by atoms with van der Waals surface area (Å²) in [6, 6.07) is 16.3. The fourth-order valence-corrected chi connectivity index (χ4v) is 4.86. The number of rotatable bonds is 9. The van der Waals surface area contributed by atoms with E-state index in [0.717, 1.165) is 33.4 Å². The van der Waals surface area contributed by atoms with Crippen molar-refractivity contribution in [2.75, 3.05) is 13.7 Å². The van der Waals surface area contributed by atoms with Gasteiger partial charge in [0.25, 0.3) is 0 Å². The molecular weight excluding hydrogens is 540 g/mol. The summed E-state index contributed by atoms with van der Waals surface area (Å²) in [5.74, 6) is -0.957. The Balaban J connectivity index is 1.60. The Morgan fingerprint density at radius 3 is 1.93 bits per heavy atom. The molecule has 0 aromatic heterocycles. The second kappa shape index (κ2) is 13.5. The number of aliphatic hydroxyl groups excluding tert-OH is 2. The van der Waals surface area contributed by atoms with Crippen molar-refractivity contribution in [1.29, 1.82) is 0 Å². The van der Waals surface area contributed by atoms with Gasteiger partial charge in [-0.1, -0.05) is 30.3 Å². The van der Waals surface area contributed by atoms with Crippen LogP contribution in [-0.4, -0.2) is 66.6 Å². The van der Waals surface area contributed by atoms with Gasteiger partial charge in [-0.2, -0.15) is 0 Å². The van der Waals surface area contributed by atoms with Crippen LogP contribution < -0.4 is 4.74 Å². The molecule has 2 unspecified atom stereocenters. The first-order valence-corrected chi connectivity index (χ1v) is 13.8. The van der Waals surface area contributed by atoms with Gasteiger partial charge in [0.15, 0.2) is 18.5 Å². The quantitative estimate of drug-likeness (QED) is 0.359. The van der Waals surface area contributed by atoms with Crippen molar-refractivity contribution in [2.24, 2.45) is 0 Å². The molecule has 3 aromatic carbocycles. The maximum absolute atomic E-state index is 13.5. The molecule has 224 valence electrons. The molecule has 4 rings (SSSR count). The largest absolute Gasteiger partial charge is 0.489 e. The Morgan fingerprint density at radius 1 is 0.810 bits per heavy atom. The first kappa shape index (κ1) is 31.2. The van der Waals surface area contributed by atoms with E-state index in [9.17, 15) is 19.8 Å². The van der Waals surface area contributed by atoms with E-state index in [1.54, 1.807) is 24.3 Å². The average molecular weight is 579 g/mol. The number of hydrogen-bond donors (Lipinski definition) is 2. The number of hydrogen-bond acceptors (Lipinski definition) is 9. The standard InChI is InChI=1S/C33H38O9/c1-18-12-24(13-19(2)21(18)4)31(36)41-29-28(35)27(16-34)40-33(38-6)30(29)42-32(37)25-14-20(3)22(5)26(15-25)39-17-23-10-8-7-9-11-23/h7-15,27-30,33-35H,16-17H2,1-6H3/t27?,28-,29+,30?,33-/m1/s1. The SMILES string of the molecule is CO[C@@H]1OC(CO)[C@@H](O)[C@H](OC(=O)c2cc(C)c(C)c(C)c2)C1OC(=O)c1cc(C)c(C)c(OCc2ccccc2)c1. The van der Waals surface area contributed by atoms with Crippen molar-refractivity contribution in [2.45, 2.75) is 71.9 Å². The molecule has 0 aliphatic carbocycles. The second-order valence-corrected chi connectivity index (χ2v) is 10.6. The number of carbonyl (C=O) groups excluding carboxylic acids is 2. The highest BCUT2D eigenvalue weighted by molar-refractivity contribution is 5.91. The van der Waals surface area contributed by atoms with Gasteiger partial charge >= 0.3 is 11.9 Å². The van der Waals surface area contributed by atoms with Crippen LogP contribution in [-0.2, 0) is 25.6 Å². The minimum Gasteiger partial charge on any atom is -0.489 e. The molecule has 9 nitrogen and oxygen atoms in total.